The van der Waals surface area contributed by atoms with E-state index in [1.807, 2.05) is 19.1 Å². The molecule has 0 amide bonds. The molecular formula is C14H19NO3S. The van der Waals surface area contributed by atoms with Crippen molar-refractivity contribution in [3.05, 3.63) is 29.8 Å². The molecule has 1 aliphatic carbocycles. The normalized spacial score (nSPS) is 31.7. The Hall–Kier alpha value is -0.910. The Kier molecular flexibility index (Phi) is 3.37. The molecule has 1 aliphatic heterocycles. The van der Waals surface area contributed by atoms with Gasteiger partial charge in [0.1, 0.15) is 0 Å². The van der Waals surface area contributed by atoms with Crippen LogP contribution in [0.2, 0.25) is 0 Å². The molecule has 1 unspecified atom stereocenters. The van der Waals surface area contributed by atoms with Gasteiger partial charge in [-0.25, -0.2) is 8.42 Å². The second-order valence-corrected chi connectivity index (χ2v) is 7.29. The highest BCUT2D eigenvalue weighted by atomic mass is 32.2. The average molecular weight is 281 g/mol. The number of ether oxygens (including phenoxy) is 1. The number of hydrogen-bond acceptors (Lipinski definition) is 4. The van der Waals surface area contributed by atoms with Gasteiger partial charge in [-0.3, -0.25) is 0 Å². The first kappa shape index (κ1) is 13.1. The first-order valence-corrected chi connectivity index (χ1v) is 8.44. The maximum atomic E-state index is 12.1. The monoisotopic (exact) mass is 281 g/mol. The van der Waals surface area contributed by atoms with Crippen molar-refractivity contribution in [3.63, 3.8) is 0 Å². The zero-order valence-electron chi connectivity index (χ0n) is 11.0. The second-order valence-electron chi connectivity index (χ2n) is 5.28. The van der Waals surface area contributed by atoms with Gasteiger partial charge in [0.2, 0.25) is 0 Å². The molecule has 3 rings (SSSR count). The third kappa shape index (κ3) is 2.42. The van der Waals surface area contributed by atoms with Crippen LogP contribution in [-0.4, -0.2) is 32.9 Å². The van der Waals surface area contributed by atoms with Crippen LogP contribution < -0.4 is 5.32 Å². The van der Waals surface area contributed by atoms with Gasteiger partial charge in [-0.15, -0.1) is 0 Å². The third-order valence-electron chi connectivity index (χ3n) is 3.95. The van der Waals surface area contributed by atoms with Crippen LogP contribution in [0.1, 0.15) is 31.4 Å². The first-order valence-electron chi connectivity index (χ1n) is 6.79. The molecule has 0 spiro atoms. The summed E-state index contributed by atoms with van der Waals surface area (Å²) in [5.74, 6) is 0.183. The largest absolute Gasteiger partial charge is 0.378 e. The van der Waals surface area contributed by atoms with Gasteiger partial charge in [0, 0.05) is 18.7 Å². The fourth-order valence-corrected chi connectivity index (χ4v) is 4.70. The van der Waals surface area contributed by atoms with E-state index in [4.69, 9.17) is 4.74 Å². The topological polar surface area (TPSA) is 55.4 Å². The molecule has 0 radical (unpaired) electrons. The number of sulfone groups is 1. The van der Waals surface area contributed by atoms with Crippen LogP contribution in [0.4, 0.5) is 0 Å². The van der Waals surface area contributed by atoms with E-state index in [2.05, 4.69) is 5.32 Å². The molecule has 1 saturated carbocycles. The molecule has 1 atom stereocenters. The smallest absolute Gasteiger partial charge is 0.180 e. The number of nitrogens with one attached hydrogen (secondary N) is 1. The van der Waals surface area contributed by atoms with Crippen molar-refractivity contribution in [2.75, 3.05) is 12.4 Å². The van der Waals surface area contributed by atoms with Gasteiger partial charge in [-0.1, -0.05) is 18.2 Å². The summed E-state index contributed by atoms with van der Waals surface area (Å²) in [4.78, 5) is 0.494. The van der Waals surface area contributed by atoms with Crippen LogP contribution in [-0.2, 0) is 14.6 Å². The van der Waals surface area contributed by atoms with Crippen molar-refractivity contribution in [2.24, 2.45) is 0 Å². The van der Waals surface area contributed by atoms with Crippen molar-refractivity contribution in [2.45, 2.75) is 42.8 Å². The van der Waals surface area contributed by atoms with E-state index >= 15 is 0 Å². The van der Waals surface area contributed by atoms with Gasteiger partial charge in [-0.05, 0) is 31.4 Å². The maximum Gasteiger partial charge on any atom is 0.180 e. The van der Waals surface area contributed by atoms with Crippen molar-refractivity contribution < 1.29 is 13.2 Å². The summed E-state index contributed by atoms with van der Waals surface area (Å²) < 4.78 is 29.6. The Morgan fingerprint density at radius 2 is 2.05 bits per heavy atom. The van der Waals surface area contributed by atoms with Crippen LogP contribution >= 0.6 is 0 Å². The molecule has 2 aliphatic rings. The number of hydrogen-bond donors (Lipinski definition) is 1. The fourth-order valence-electron chi connectivity index (χ4n) is 2.95. The molecular weight excluding hydrogens is 262 g/mol. The zero-order valence-corrected chi connectivity index (χ0v) is 11.8. The van der Waals surface area contributed by atoms with Crippen LogP contribution in [0.15, 0.2) is 29.2 Å². The predicted octanol–water partition coefficient (Wildman–Crippen LogP) is 1.67. The molecule has 19 heavy (non-hydrogen) atoms. The summed E-state index contributed by atoms with van der Waals surface area (Å²) >= 11 is 0. The summed E-state index contributed by atoms with van der Waals surface area (Å²) in [5.41, 5.74) is 0.919. The quantitative estimate of drug-likeness (QED) is 0.912. The number of rotatable bonds is 4. The molecule has 1 N–H and O–H groups in total. The standard InChI is InChI=1S/C14H19NO3S/c1-2-18-11-7-10(8-11)15-13-9-19(16,17)14-6-4-3-5-12(13)14/h3-6,10-11,13,15H,2,7-9H2,1H3. The fraction of sp³-hybridized carbons (Fsp3) is 0.571. The van der Waals surface area contributed by atoms with Gasteiger partial charge >= 0.3 is 0 Å². The summed E-state index contributed by atoms with van der Waals surface area (Å²) in [6, 6.07) is 7.62. The first-order chi connectivity index (χ1) is 9.10. The minimum Gasteiger partial charge on any atom is -0.378 e. The Morgan fingerprint density at radius 3 is 2.79 bits per heavy atom. The van der Waals surface area contributed by atoms with E-state index in [1.165, 1.54) is 0 Å². The Morgan fingerprint density at radius 1 is 1.32 bits per heavy atom. The zero-order chi connectivity index (χ0) is 13.5. The lowest BCUT2D eigenvalue weighted by Gasteiger charge is -2.37. The average Bonchev–Trinajstić information content (AvgIpc) is 2.59. The lowest BCUT2D eigenvalue weighted by Crippen LogP contribution is -2.47. The van der Waals surface area contributed by atoms with Gasteiger partial charge in [0.05, 0.1) is 16.8 Å². The highest BCUT2D eigenvalue weighted by Gasteiger charge is 2.38. The third-order valence-corrected chi connectivity index (χ3v) is 5.76. The molecule has 5 heteroatoms. The molecule has 1 heterocycles. The van der Waals surface area contributed by atoms with E-state index in [1.54, 1.807) is 12.1 Å². The van der Waals surface area contributed by atoms with E-state index < -0.39 is 9.84 Å². The van der Waals surface area contributed by atoms with Crippen molar-refractivity contribution in [1.29, 1.82) is 0 Å². The van der Waals surface area contributed by atoms with Gasteiger partial charge in [0.25, 0.3) is 0 Å². The lowest BCUT2D eigenvalue weighted by molar-refractivity contribution is -0.0118. The molecule has 0 aromatic heterocycles. The van der Waals surface area contributed by atoms with Crippen molar-refractivity contribution >= 4 is 9.84 Å². The molecule has 4 nitrogen and oxygen atoms in total. The molecule has 104 valence electrons. The minimum atomic E-state index is -3.10. The Balaban J connectivity index is 1.68. The van der Waals surface area contributed by atoms with E-state index in [0.717, 1.165) is 25.0 Å². The summed E-state index contributed by atoms with van der Waals surface area (Å²) in [7, 11) is -3.10. The minimum absolute atomic E-state index is 0.0613. The Labute approximate surface area is 114 Å². The van der Waals surface area contributed by atoms with E-state index in [-0.39, 0.29) is 11.8 Å². The van der Waals surface area contributed by atoms with Crippen molar-refractivity contribution in [1.82, 2.24) is 5.32 Å². The molecule has 0 bridgehead atoms. The second kappa shape index (κ2) is 4.89. The Bertz CT molecular complexity index is 564. The predicted molar refractivity (Wildman–Crippen MR) is 72.8 cm³/mol. The molecule has 1 aromatic rings. The van der Waals surface area contributed by atoms with Crippen LogP contribution in [0.3, 0.4) is 0 Å². The van der Waals surface area contributed by atoms with Gasteiger partial charge in [0.15, 0.2) is 9.84 Å². The van der Waals surface area contributed by atoms with Crippen LogP contribution in [0.25, 0.3) is 0 Å². The highest BCUT2D eigenvalue weighted by molar-refractivity contribution is 7.91. The highest BCUT2D eigenvalue weighted by Crippen LogP contribution is 2.35. The van der Waals surface area contributed by atoms with Crippen molar-refractivity contribution in [3.8, 4) is 0 Å². The summed E-state index contributed by atoms with van der Waals surface area (Å²) in [5, 5.41) is 3.46. The summed E-state index contributed by atoms with van der Waals surface area (Å²) in [6.45, 7) is 2.75. The molecule has 1 fully saturated rings. The maximum absolute atomic E-state index is 12.1. The van der Waals surface area contributed by atoms with Crippen LogP contribution in [0.5, 0.6) is 0 Å². The van der Waals surface area contributed by atoms with E-state index in [0.29, 0.717) is 17.0 Å². The molecule has 0 saturated heterocycles. The van der Waals surface area contributed by atoms with Gasteiger partial charge in [-0.2, -0.15) is 0 Å². The molecule has 1 aromatic carbocycles. The van der Waals surface area contributed by atoms with Crippen LogP contribution in [0, 0.1) is 0 Å². The number of benzene rings is 1. The number of fused-ring (bicyclic) bond motifs is 1. The van der Waals surface area contributed by atoms with E-state index in [9.17, 15) is 8.42 Å². The SMILES string of the molecule is CCOC1CC(NC2CS(=O)(=O)c3ccccc32)C1. The summed E-state index contributed by atoms with van der Waals surface area (Å²) in [6.07, 6.45) is 2.30. The lowest BCUT2D eigenvalue weighted by atomic mass is 9.88. The van der Waals surface area contributed by atoms with Gasteiger partial charge < -0.3 is 10.1 Å².